The third-order valence-electron chi connectivity index (χ3n) is 3.89. The molecule has 0 spiro atoms. The molecule has 2 aromatic heterocycles. The molecule has 0 fully saturated rings. The summed E-state index contributed by atoms with van der Waals surface area (Å²) in [6.45, 7) is 3.90. The Bertz CT molecular complexity index is 1060. The average Bonchev–Trinajstić information content (AvgIpc) is 2.57. The number of sulfonamides is 1. The largest absolute Gasteiger partial charge is 0.383 e. The topological polar surface area (TPSA) is 98.0 Å². The van der Waals surface area contributed by atoms with Crippen LogP contribution in [0.15, 0.2) is 53.6 Å². The third-order valence-corrected chi connectivity index (χ3v) is 5.60. The van der Waals surface area contributed by atoms with Gasteiger partial charge in [-0.15, -0.1) is 0 Å². The van der Waals surface area contributed by atoms with Crippen molar-refractivity contribution < 1.29 is 8.42 Å². The lowest BCUT2D eigenvalue weighted by atomic mass is 9.99. The summed E-state index contributed by atoms with van der Waals surface area (Å²) in [7, 11) is -3.92. The summed E-state index contributed by atoms with van der Waals surface area (Å²) in [4.78, 5) is 8.12. The molecule has 0 aliphatic heterocycles. The maximum Gasteiger partial charge on any atom is 0.266 e. The van der Waals surface area contributed by atoms with Crippen LogP contribution in [0.3, 0.4) is 0 Å². The van der Waals surface area contributed by atoms with Crippen molar-refractivity contribution in [2.24, 2.45) is 0 Å². The van der Waals surface area contributed by atoms with Crippen LogP contribution < -0.4 is 10.5 Å². The highest BCUT2D eigenvalue weighted by atomic mass is 35.5. The van der Waals surface area contributed by atoms with Crippen molar-refractivity contribution in [3.63, 3.8) is 0 Å². The number of rotatable bonds is 4. The summed E-state index contributed by atoms with van der Waals surface area (Å²) in [5.41, 5.74) is 9.06. The molecular formula is C18H17ClN4O2S. The molecule has 0 aliphatic carbocycles. The lowest BCUT2D eigenvalue weighted by Gasteiger charge is -2.13. The number of aromatic nitrogens is 2. The monoisotopic (exact) mass is 388 g/mol. The van der Waals surface area contributed by atoms with Gasteiger partial charge < -0.3 is 5.73 Å². The van der Waals surface area contributed by atoms with E-state index in [-0.39, 0.29) is 16.5 Å². The van der Waals surface area contributed by atoms with Crippen LogP contribution in [0.1, 0.15) is 11.1 Å². The van der Waals surface area contributed by atoms with Gasteiger partial charge in [-0.2, -0.15) is 0 Å². The van der Waals surface area contributed by atoms with Gasteiger partial charge in [0.2, 0.25) is 0 Å². The first-order valence-corrected chi connectivity index (χ1v) is 9.62. The van der Waals surface area contributed by atoms with E-state index in [0.29, 0.717) is 10.7 Å². The first-order chi connectivity index (χ1) is 12.3. The molecule has 3 rings (SSSR count). The highest BCUT2D eigenvalue weighted by Gasteiger charge is 2.20. The Labute approximate surface area is 157 Å². The van der Waals surface area contributed by atoms with E-state index in [9.17, 15) is 8.42 Å². The molecule has 0 saturated heterocycles. The Morgan fingerprint density at radius 1 is 1.04 bits per heavy atom. The number of aryl methyl sites for hydroxylation is 2. The maximum atomic E-state index is 12.6. The number of benzene rings is 1. The molecular weight excluding hydrogens is 372 g/mol. The molecule has 0 radical (unpaired) electrons. The predicted octanol–water partition coefficient (Wildman–Crippen LogP) is 3.80. The summed E-state index contributed by atoms with van der Waals surface area (Å²) in [6.07, 6.45) is 1.42. The van der Waals surface area contributed by atoms with Crippen LogP contribution in [0.2, 0.25) is 5.02 Å². The van der Waals surface area contributed by atoms with Crippen LogP contribution in [0.4, 0.5) is 11.6 Å². The summed E-state index contributed by atoms with van der Waals surface area (Å²) in [5, 5.41) is 0.436. The van der Waals surface area contributed by atoms with Gasteiger partial charge in [0.1, 0.15) is 16.5 Å². The second-order valence-corrected chi connectivity index (χ2v) is 7.84. The fourth-order valence-corrected chi connectivity index (χ4v) is 3.97. The molecule has 134 valence electrons. The van der Waals surface area contributed by atoms with Gasteiger partial charge in [-0.25, -0.2) is 18.4 Å². The minimum absolute atomic E-state index is 0.0797. The van der Waals surface area contributed by atoms with E-state index in [0.717, 1.165) is 16.7 Å². The second-order valence-electron chi connectivity index (χ2n) is 5.79. The van der Waals surface area contributed by atoms with Gasteiger partial charge in [0.05, 0.1) is 10.7 Å². The lowest BCUT2D eigenvalue weighted by molar-refractivity contribution is 0.601. The van der Waals surface area contributed by atoms with Gasteiger partial charge in [-0.3, -0.25) is 4.72 Å². The molecule has 0 saturated carbocycles. The summed E-state index contributed by atoms with van der Waals surface area (Å²) < 4.78 is 27.6. The number of hydrogen-bond donors (Lipinski definition) is 2. The van der Waals surface area contributed by atoms with Crippen molar-refractivity contribution in [1.82, 2.24) is 9.97 Å². The number of pyridine rings is 2. The standard InChI is InChI=1S/C18H17ClN4O2S/c1-11-5-3-6-12(2)16(11)17-13(19)8-9-15(22-17)23-26(24,25)14-7-4-10-21-18(14)20/h3-10H,1-2H3,(H2,20,21)(H,22,23). The van der Waals surface area contributed by atoms with Gasteiger partial charge in [-0.05, 0) is 49.2 Å². The number of nitrogens with one attached hydrogen (secondary N) is 1. The molecule has 0 aliphatic rings. The van der Waals surface area contributed by atoms with Crippen molar-refractivity contribution in [1.29, 1.82) is 0 Å². The zero-order valence-electron chi connectivity index (χ0n) is 14.2. The summed E-state index contributed by atoms with van der Waals surface area (Å²) in [6, 6.07) is 11.8. The Morgan fingerprint density at radius 3 is 2.38 bits per heavy atom. The van der Waals surface area contributed by atoms with Gasteiger partial charge in [-0.1, -0.05) is 29.8 Å². The molecule has 8 heteroatoms. The third kappa shape index (κ3) is 3.49. The average molecular weight is 389 g/mol. The number of hydrogen-bond acceptors (Lipinski definition) is 5. The van der Waals surface area contributed by atoms with Crippen molar-refractivity contribution in [2.45, 2.75) is 18.7 Å². The minimum atomic E-state index is -3.92. The number of anilines is 2. The van der Waals surface area contributed by atoms with E-state index in [2.05, 4.69) is 14.7 Å². The molecule has 0 amide bonds. The van der Waals surface area contributed by atoms with Gasteiger partial charge in [0.15, 0.2) is 0 Å². The van der Waals surface area contributed by atoms with Gasteiger partial charge >= 0.3 is 0 Å². The van der Waals surface area contributed by atoms with Crippen LogP contribution in [0.5, 0.6) is 0 Å². The molecule has 3 N–H and O–H groups in total. The number of nitrogen functional groups attached to an aromatic ring is 1. The fourth-order valence-electron chi connectivity index (χ4n) is 2.68. The van der Waals surface area contributed by atoms with Crippen molar-refractivity contribution in [3.8, 4) is 11.3 Å². The normalized spacial score (nSPS) is 11.3. The highest BCUT2D eigenvalue weighted by Crippen LogP contribution is 2.32. The molecule has 1 aromatic carbocycles. The number of nitrogens with two attached hydrogens (primary N) is 1. The van der Waals surface area contributed by atoms with E-state index in [1.54, 1.807) is 6.07 Å². The SMILES string of the molecule is Cc1cccc(C)c1-c1nc(NS(=O)(=O)c2cccnc2N)ccc1Cl. The van der Waals surface area contributed by atoms with Crippen molar-refractivity contribution in [2.75, 3.05) is 10.5 Å². The Kier molecular flexibility index (Phi) is 4.84. The smallest absolute Gasteiger partial charge is 0.266 e. The van der Waals surface area contributed by atoms with Gasteiger partial charge in [0.25, 0.3) is 10.0 Å². The molecule has 2 heterocycles. The zero-order valence-corrected chi connectivity index (χ0v) is 15.8. The zero-order chi connectivity index (χ0) is 18.9. The van der Waals surface area contributed by atoms with Crippen LogP contribution in [-0.4, -0.2) is 18.4 Å². The predicted molar refractivity (Wildman–Crippen MR) is 104 cm³/mol. The van der Waals surface area contributed by atoms with E-state index in [1.807, 2.05) is 32.0 Å². The van der Waals surface area contributed by atoms with E-state index in [4.69, 9.17) is 17.3 Å². The summed E-state index contributed by atoms with van der Waals surface area (Å²) >= 11 is 6.32. The second kappa shape index (κ2) is 6.93. The Balaban J connectivity index is 2.05. The Morgan fingerprint density at radius 2 is 1.73 bits per heavy atom. The van der Waals surface area contributed by atoms with Crippen LogP contribution in [0.25, 0.3) is 11.3 Å². The molecule has 6 nitrogen and oxygen atoms in total. The van der Waals surface area contributed by atoms with Crippen LogP contribution >= 0.6 is 11.6 Å². The number of halogens is 1. The van der Waals surface area contributed by atoms with E-state index in [1.165, 1.54) is 24.4 Å². The molecule has 0 unspecified atom stereocenters. The van der Waals surface area contributed by atoms with Crippen LogP contribution in [0, 0.1) is 13.8 Å². The maximum absolute atomic E-state index is 12.6. The van der Waals surface area contributed by atoms with Gasteiger partial charge in [0, 0.05) is 11.8 Å². The highest BCUT2D eigenvalue weighted by molar-refractivity contribution is 7.92. The van der Waals surface area contributed by atoms with E-state index < -0.39 is 10.0 Å². The lowest BCUT2D eigenvalue weighted by Crippen LogP contribution is -2.16. The number of nitrogens with zero attached hydrogens (tertiary/aromatic N) is 2. The first-order valence-electron chi connectivity index (χ1n) is 7.76. The van der Waals surface area contributed by atoms with Crippen LogP contribution in [-0.2, 0) is 10.0 Å². The van der Waals surface area contributed by atoms with Crippen molar-refractivity contribution in [3.05, 3.63) is 64.8 Å². The fraction of sp³-hybridized carbons (Fsp3) is 0.111. The van der Waals surface area contributed by atoms with E-state index >= 15 is 0 Å². The minimum Gasteiger partial charge on any atom is -0.383 e. The molecule has 3 aromatic rings. The quantitative estimate of drug-likeness (QED) is 0.708. The molecule has 0 atom stereocenters. The van der Waals surface area contributed by atoms with Crippen molar-refractivity contribution >= 4 is 33.3 Å². The summed E-state index contributed by atoms with van der Waals surface area (Å²) in [5.74, 6) is 0.0687. The Hall–Kier alpha value is -2.64. The molecule has 0 bridgehead atoms. The first kappa shape index (κ1) is 18.2. The molecule has 26 heavy (non-hydrogen) atoms.